The number of rotatable bonds is 8. The topological polar surface area (TPSA) is 127 Å². The van der Waals surface area contributed by atoms with E-state index in [-0.39, 0.29) is 30.2 Å². The van der Waals surface area contributed by atoms with Crippen LogP contribution in [0.5, 0.6) is 11.5 Å². The number of ether oxygens (including phenoxy) is 2. The predicted octanol–water partition coefficient (Wildman–Crippen LogP) is 5.10. The highest BCUT2D eigenvalue weighted by Gasteiger charge is 2.44. The molecule has 1 atom stereocenters. The minimum absolute atomic E-state index is 0.00892. The molecule has 9 nitrogen and oxygen atoms in total. The van der Waals surface area contributed by atoms with E-state index in [1.165, 1.54) is 30.2 Å². The molecule has 5 rings (SSSR count). The molecule has 1 amide bonds. The molecule has 0 saturated carbocycles. The third-order valence-electron chi connectivity index (χ3n) is 6.53. The normalized spacial score (nSPS) is 15.2. The van der Waals surface area contributed by atoms with Crippen molar-refractivity contribution >= 4 is 28.6 Å². The number of esters is 1. The maximum Gasteiger partial charge on any atom is 0.338 e. The van der Waals surface area contributed by atoms with Crippen LogP contribution < -0.4 is 4.74 Å². The Morgan fingerprint density at radius 2 is 1.72 bits per heavy atom. The lowest BCUT2D eigenvalue weighted by atomic mass is 9.94. The average Bonchev–Trinajstić information content (AvgIpc) is 3.49. The zero-order valence-electron chi connectivity index (χ0n) is 21.2. The number of carbonyl (C=O) groups excluding carboxylic acids is 3. The van der Waals surface area contributed by atoms with Gasteiger partial charge in [0.25, 0.3) is 5.91 Å². The first-order valence-electron chi connectivity index (χ1n) is 12.2. The van der Waals surface area contributed by atoms with Gasteiger partial charge in [-0.05, 0) is 54.4 Å². The van der Waals surface area contributed by atoms with E-state index < -0.39 is 29.5 Å². The van der Waals surface area contributed by atoms with Gasteiger partial charge >= 0.3 is 5.97 Å². The van der Waals surface area contributed by atoms with Crippen LogP contribution in [0.4, 0.5) is 0 Å². The monoisotopic (exact) mass is 527 g/mol. The molecule has 0 saturated heterocycles. The first kappa shape index (κ1) is 25.6. The molecule has 198 valence electrons. The summed E-state index contributed by atoms with van der Waals surface area (Å²) in [6.45, 7) is 1.99. The van der Waals surface area contributed by atoms with Crippen molar-refractivity contribution < 1.29 is 38.5 Å². The van der Waals surface area contributed by atoms with E-state index in [2.05, 4.69) is 0 Å². The van der Waals surface area contributed by atoms with Gasteiger partial charge in [-0.2, -0.15) is 0 Å². The van der Waals surface area contributed by atoms with Gasteiger partial charge in [0, 0.05) is 11.9 Å². The Labute approximate surface area is 223 Å². The number of para-hydroxylation sites is 1. The van der Waals surface area contributed by atoms with E-state index in [0.717, 1.165) is 0 Å². The minimum Gasteiger partial charge on any atom is -0.508 e. The molecule has 2 heterocycles. The summed E-state index contributed by atoms with van der Waals surface area (Å²) in [6, 6.07) is 18.4. The van der Waals surface area contributed by atoms with Gasteiger partial charge in [0.2, 0.25) is 5.78 Å². The van der Waals surface area contributed by atoms with Gasteiger partial charge in [-0.15, -0.1) is 0 Å². The van der Waals surface area contributed by atoms with Gasteiger partial charge in [0.1, 0.15) is 5.75 Å². The molecule has 0 bridgehead atoms. The highest BCUT2D eigenvalue weighted by atomic mass is 16.5. The molecular formula is C30H25NO8. The summed E-state index contributed by atoms with van der Waals surface area (Å²) in [7, 11) is 1.49. The first-order chi connectivity index (χ1) is 18.8. The van der Waals surface area contributed by atoms with Crippen molar-refractivity contribution in [2.75, 3.05) is 13.7 Å². The second-order valence-corrected chi connectivity index (χ2v) is 8.93. The maximum absolute atomic E-state index is 13.8. The number of hydrogen-bond acceptors (Lipinski definition) is 8. The second kappa shape index (κ2) is 10.4. The number of amides is 1. The fourth-order valence-corrected chi connectivity index (χ4v) is 4.65. The Hall–Kier alpha value is -5.05. The van der Waals surface area contributed by atoms with Crippen molar-refractivity contribution in [3.8, 4) is 11.5 Å². The SMILES string of the molecule is CCOC(=O)c1ccc(CN2C(=O)C(O)=C(C(=O)c3cc4cccc(OC)c4o3)C2c2ccc(O)cc2)cc1. The summed E-state index contributed by atoms with van der Waals surface area (Å²) in [4.78, 5) is 40.5. The Kier molecular flexibility index (Phi) is 6.81. The molecule has 1 aliphatic heterocycles. The van der Waals surface area contributed by atoms with E-state index in [4.69, 9.17) is 13.9 Å². The number of methoxy groups -OCH3 is 1. The summed E-state index contributed by atoms with van der Waals surface area (Å²) in [6.07, 6.45) is 0. The number of nitrogens with zero attached hydrogens (tertiary/aromatic N) is 1. The van der Waals surface area contributed by atoms with E-state index in [0.29, 0.717) is 33.4 Å². The van der Waals surface area contributed by atoms with E-state index in [1.807, 2.05) is 0 Å². The van der Waals surface area contributed by atoms with Gasteiger partial charge in [-0.3, -0.25) is 9.59 Å². The molecule has 9 heteroatoms. The number of furan rings is 1. The second-order valence-electron chi connectivity index (χ2n) is 8.93. The fourth-order valence-electron chi connectivity index (χ4n) is 4.65. The smallest absolute Gasteiger partial charge is 0.338 e. The zero-order valence-corrected chi connectivity index (χ0v) is 21.2. The van der Waals surface area contributed by atoms with Crippen molar-refractivity contribution in [2.24, 2.45) is 0 Å². The van der Waals surface area contributed by atoms with Gasteiger partial charge in [0.05, 0.1) is 30.9 Å². The molecule has 1 unspecified atom stereocenters. The van der Waals surface area contributed by atoms with Gasteiger partial charge in [-0.1, -0.05) is 36.4 Å². The molecule has 1 aromatic heterocycles. The highest BCUT2D eigenvalue weighted by molar-refractivity contribution is 6.16. The average molecular weight is 528 g/mol. The van der Waals surface area contributed by atoms with Crippen LogP contribution in [0.15, 0.2) is 88.5 Å². The lowest BCUT2D eigenvalue weighted by molar-refractivity contribution is -0.130. The van der Waals surface area contributed by atoms with Gasteiger partial charge in [0.15, 0.2) is 22.9 Å². The van der Waals surface area contributed by atoms with Crippen molar-refractivity contribution in [1.29, 1.82) is 0 Å². The van der Waals surface area contributed by atoms with Crippen LogP contribution in [0.25, 0.3) is 11.0 Å². The maximum atomic E-state index is 13.8. The largest absolute Gasteiger partial charge is 0.508 e. The van der Waals surface area contributed by atoms with E-state index in [1.54, 1.807) is 61.5 Å². The molecule has 2 N–H and O–H groups in total. The molecule has 1 aliphatic rings. The Bertz CT molecular complexity index is 1600. The zero-order chi connectivity index (χ0) is 27.7. The number of phenols is 1. The molecule has 0 radical (unpaired) electrons. The minimum atomic E-state index is -0.967. The van der Waals surface area contributed by atoms with Crippen LogP contribution in [0.3, 0.4) is 0 Å². The first-order valence-corrected chi connectivity index (χ1v) is 12.2. The summed E-state index contributed by atoms with van der Waals surface area (Å²) in [5, 5.41) is 21.4. The Morgan fingerprint density at radius 3 is 2.38 bits per heavy atom. The van der Waals surface area contributed by atoms with Gasteiger partial charge < -0.3 is 29.0 Å². The van der Waals surface area contributed by atoms with E-state index in [9.17, 15) is 24.6 Å². The lowest BCUT2D eigenvalue weighted by Gasteiger charge is -2.27. The molecular weight excluding hydrogens is 502 g/mol. The van der Waals surface area contributed by atoms with Crippen LogP contribution in [-0.4, -0.2) is 46.5 Å². The number of aromatic hydroxyl groups is 1. The summed E-state index contributed by atoms with van der Waals surface area (Å²) >= 11 is 0. The number of benzene rings is 3. The van der Waals surface area contributed by atoms with Crippen LogP contribution in [0.2, 0.25) is 0 Å². The third kappa shape index (κ3) is 4.70. The quantitative estimate of drug-likeness (QED) is 0.239. The number of carbonyl (C=O) groups is 3. The van der Waals surface area contributed by atoms with Crippen molar-refractivity contribution in [3.05, 3.63) is 107 Å². The highest BCUT2D eigenvalue weighted by Crippen LogP contribution is 2.41. The Balaban J connectivity index is 1.53. The van der Waals surface area contributed by atoms with Gasteiger partial charge in [-0.25, -0.2) is 4.79 Å². The summed E-state index contributed by atoms with van der Waals surface area (Å²) in [5.41, 5.74) is 1.75. The van der Waals surface area contributed by atoms with Crippen LogP contribution in [0, 0.1) is 0 Å². The van der Waals surface area contributed by atoms with E-state index >= 15 is 0 Å². The number of fused-ring (bicyclic) bond motifs is 1. The lowest BCUT2D eigenvalue weighted by Crippen LogP contribution is -2.30. The standard InChI is InChI=1S/C30H25NO8/c1-3-38-30(36)19-9-7-17(8-10-19)16-31-25(18-11-13-21(32)14-12-18)24(27(34)29(31)35)26(33)23-15-20-5-4-6-22(37-2)28(20)39-23/h4-15,25,32,34H,3,16H2,1-2H3. The third-order valence-corrected chi connectivity index (χ3v) is 6.53. The van der Waals surface area contributed by atoms with Crippen LogP contribution in [-0.2, 0) is 16.1 Å². The molecule has 39 heavy (non-hydrogen) atoms. The van der Waals surface area contributed by atoms with Crippen LogP contribution >= 0.6 is 0 Å². The number of hydrogen-bond donors (Lipinski definition) is 2. The number of Topliss-reactive ketones (excluding diaryl/α,β-unsaturated/α-hetero) is 1. The predicted molar refractivity (Wildman–Crippen MR) is 141 cm³/mol. The van der Waals surface area contributed by atoms with Crippen molar-refractivity contribution in [1.82, 2.24) is 4.90 Å². The van der Waals surface area contributed by atoms with Crippen molar-refractivity contribution in [3.63, 3.8) is 0 Å². The number of phenolic OH excluding ortho intramolecular Hbond substituents is 1. The number of ketones is 1. The molecule has 3 aromatic carbocycles. The van der Waals surface area contributed by atoms with Crippen LogP contribution in [0.1, 0.15) is 45.0 Å². The summed E-state index contributed by atoms with van der Waals surface area (Å²) < 4.78 is 16.2. The summed E-state index contributed by atoms with van der Waals surface area (Å²) in [5.74, 6) is -2.15. The molecule has 4 aromatic rings. The fraction of sp³-hybridized carbons (Fsp3) is 0.167. The molecule has 0 fully saturated rings. The number of aliphatic hydroxyl groups excluding tert-OH is 1. The Morgan fingerprint density at radius 1 is 1.00 bits per heavy atom. The number of aliphatic hydroxyl groups is 1. The molecule has 0 aliphatic carbocycles. The molecule has 0 spiro atoms. The van der Waals surface area contributed by atoms with Crippen molar-refractivity contribution in [2.45, 2.75) is 19.5 Å².